The first-order valence-electron chi connectivity index (χ1n) is 9.64. The van der Waals surface area contributed by atoms with Gasteiger partial charge in [0.2, 0.25) is 11.8 Å². The van der Waals surface area contributed by atoms with Crippen LogP contribution in [0.15, 0.2) is 24.3 Å². The molecule has 0 radical (unpaired) electrons. The minimum Gasteiger partial charge on any atom is -0.464 e. The normalized spacial score (nSPS) is 13.3. The highest BCUT2D eigenvalue weighted by Gasteiger charge is 2.30. The summed E-state index contributed by atoms with van der Waals surface area (Å²) in [7, 11) is 0. The van der Waals surface area contributed by atoms with Crippen LogP contribution < -0.4 is 10.8 Å². The van der Waals surface area contributed by atoms with Crippen molar-refractivity contribution >= 4 is 29.4 Å². The summed E-state index contributed by atoms with van der Waals surface area (Å²) in [5, 5.41) is 12.4. The lowest BCUT2D eigenvalue weighted by Gasteiger charge is -2.32. The molecule has 2 unspecified atom stereocenters. The minimum atomic E-state index is -0.621. The van der Waals surface area contributed by atoms with Crippen LogP contribution in [-0.4, -0.2) is 35.6 Å². The molecule has 0 aliphatic rings. The van der Waals surface area contributed by atoms with Crippen molar-refractivity contribution in [3.63, 3.8) is 0 Å². The van der Waals surface area contributed by atoms with E-state index in [1.54, 1.807) is 5.48 Å². The van der Waals surface area contributed by atoms with Crippen molar-refractivity contribution in [3.8, 4) is 0 Å². The highest BCUT2D eigenvalue weighted by Crippen LogP contribution is 2.22. The Labute approximate surface area is 177 Å². The summed E-state index contributed by atoms with van der Waals surface area (Å²) in [5.41, 5.74) is 2.32. The molecule has 0 aliphatic carbocycles. The van der Waals surface area contributed by atoms with Gasteiger partial charge in [-0.1, -0.05) is 44.5 Å². The van der Waals surface area contributed by atoms with Crippen LogP contribution in [0.5, 0.6) is 0 Å². The fraction of sp³-hybridized carbons (Fsp3) is 0.571. The first-order valence-corrected chi connectivity index (χ1v) is 10.0. The first kappa shape index (κ1) is 24.9. The van der Waals surface area contributed by atoms with Crippen LogP contribution in [0.3, 0.4) is 0 Å². The molecule has 2 amide bonds. The van der Waals surface area contributed by atoms with Gasteiger partial charge in [0.1, 0.15) is 6.61 Å². The molecular weight excluding hydrogens is 396 g/mol. The van der Waals surface area contributed by atoms with Gasteiger partial charge in [0.25, 0.3) is 0 Å². The lowest BCUT2D eigenvalue weighted by molar-refractivity contribution is -0.144. The third kappa shape index (κ3) is 9.76. The molecule has 162 valence electrons. The molecule has 2 atom stereocenters. The number of carbonyl (C=O) groups is 3. The Morgan fingerprint density at radius 2 is 1.79 bits per heavy atom. The molecule has 3 N–H and O–H groups in total. The summed E-state index contributed by atoms with van der Waals surface area (Å²) in [6, 6.07) is 7.06. The number of nitrogens with one attached hydrogen (secondary N) is 2. The summed E-state index contributed by atoms with van der Waals surface area (Å²) >= 11 is 5.89. The molecule has 0 bridgehead atoms. The van der Waals surface area contributed by atoms with Crippen molar-refractivity contribution in [2.45, 2.75) is 59.4 Å². The maximum absolute atomic E-state index is 12.9. The van der Waals surface area contributed by atoms with Crippen molar-refractivity contribution < 1.29 is 24.3 Å². The zero-order valence-corrected chi connectivity index (χ0v) is 18.2. The van der Waals surface area contributed by atoms with E-state index >= 15 is 0 Å². The number of hydrogen-bond acceptors (Lipinski definition) is 5. The molecule has 29 heavy (non-hydrogen) atoms. The van der Waals surface area contributed by atoms with Gasteiger partial charge in [-0.3, -0.25) is 19.6 Å². The summed E-state index contributed by atoms with van der Waals surface area (Å²) in [6.45, 7) is 7.15. The van der Waals surface area contributed by atoms with E-state index in [0.717, 1.165) is 12.0 Å². The van der Waals surface area contributed by atoms with Gasteiger partial charge < -0.3 is 10.1 Å². The molecular formula is C21H31ClN2O5. The Morgan fingerprint density at radius 3 is 2.31 bits per heavy atom. The molecule has 1 aromatic rings. The van der Waals surface area contributed by atoms with Crippen LogP contribution in [0.4, 0.5) is 0 Å². The Kier molecular flexibility index (Phi) is 10.1. The van der Waals surface area contributed by atoms with E-state index in [1.165, 1.54) is 6.92 Å². The van der Waals surface area contributed by atoms with Gasteiger partial charge in [-0.05, 0) is 42.4 Å². The zero-order valence-electron chi connectivity index (χ0n) is 17.5. The van der Waals surface area contributed by atoms with E-state index in [1.807, 2.05) is 45.0 Å². The highest BCUT2D eigenvalue weighted by atomic mass is 35.5. The molecule has 7 nitrogen and oxygen atoms in total. The van der Waals surface area contributed by atoms with Crippen LogP contribution in [0.1, 0.15) is 52.5 Å². The lowest BCUT2D eigenvalue weighted by atomic mass is 9.86. The number of halogens is 1. The summed E-state index contributed by atoms with van der Waals surface area (Å²) < 4.78 is 5.08. The molecule has 0 heterocycles. The summed E-state index contributed by atoms with van der Waals surface area (Å²) in [5.74, 6) is -1.97. The SMILES string of the molecule is CC(=O)OCC(NC(=O)C(CCCc1ccc(Cl)cc1)CC(=O)NO)C(C)(C)C. The number of hydroxylamine groups is 1. The van der Waals surface area contributed by atoms with Gasteiger partial charge in [-0.25, -0.2) is 5.48 Å². The second kappa shape index (κ2) is 11.8. The second-order valence-corrected chi connectivity index (χ2v) is 8.62. The van der Waals surface area contributed by atoms with Crippen molar-refractivity contribution in [1.82, 2.24) is 10.8 Å². The average molecular weight is 427 g/mol. The van der Waals surface area contributed by atoms with Crippen LogP contribution in [0.2, 0.25) is 5.02 Å². The maximum atomic E-state index is 12.9. The molecule has 0 spiro atoms. The Morgan fingerprint density at radius 1 is 1.17 bits per heavy atom. The quantitative estimate of drug-likeness (QED) is 0.302. The number of rotatable bonds is 10. The van der Waals surface area contributed by atoms with Gasteiger partial charge in [0.05, 0.1) is 6.04 Å². The standard InChI is InChI=1S/C21H31ClN2O5/c1-14(25)29-13-18(21(2,3)4)23-20(27)16(12-19(26)24-28)7-5-6-15-8-10-17(22)11-9-15/h8-11,16,18,28H,5-7,12-13H2,1-4H3,(H,23,27)(H,24,26). The fourth-order valence-electron chi connectivity index (χ4n) is 2.80. The molecule has 8 heteroatoms. The summed E-state index contributed by atoms with van der Waals surface area (Å²) in [4.78, 5) is 35.7. The largest absolute Gasteiger partial charge is 0.464 e. The maximum Gasteiger partial charge on any atom is 0.302 e. The van der Waals surface area contributed by atoms with Crippen LogP contribution >= 0.6 is 11.6 Å². The van der Waals surface area contributed by atoms with E-state index in [0.29, 0.717) is 17.9 Å². The third-order valence-electron chi connectivity index (χ3n) is 4.67. The Hall–Kier alpha value is -2.12. The van der Waals surface area contributed by atoms with Gasteiger partial charge in [-0.2, -0.15) is 0 Å². The highest BCUT2D eigenvalue weighted by molar-refractivity contribution is 6.30. The third-order valence-corrected chi connectivity index (χ3v) is 4.93. The smallest absolute Gasteiger partial charge is 0.302 e. The molecule has 1 aromatic carbocycles. The van der Waals surface area contributed by atoms with Crippen molar-refractivity contribution in [1.29, 1.82) is 0 Å². The number of ether oxygens (including phenoxy) is 1. The monoisotopic (exact) mass is 426 g/mol. The molecule has 1 rings (SSSR count). The first-order chi connectivity index (χ1) is 13.5. The number of benzene rings is 1. The van der Waals surface area contributed by atoms with Crippen LogP contribution in [-0.2, 0) is 25.5 Å². The molecule has 0 aromatic heterocycles. The Bertz CT molecular complexity index is 685. The number of carbonyl (C=O) groups excluding carboxylic acids is 3. The number of amides is 2. The van der Waals surface area contributed by atoms with Gasteiger partial charge in [-0.15, -0.1) is 0 Å². The van der Waals surface area contributed by atoms with Crippen molar-refractivity contribution in [2.24, 2.45) is 11.3 Å². The molecule has 0 fully saturated rings. The van der Waals surface area contributed by atoms with Crippen LogP contribution in [0, 0.1) is 11.3 Å². The van der Waals surface area contributed by atoms with Gasteiger partial charge in [0, 0.05) is 24.3 Å². The number of esters is 1. The fourth-order valence-corrected chi connectivity index (χ4v) is 2.92. The van der Waals surface area contributed by atoms with E-state index in [9.17, 15) is 14.4 Å². The second-order valence-electron chi connectivity index (χ2n) is 8.18. The molecule has 0 saturated heterocycles. The summed E-state index contributed by atoms with van der Waals surface area (Å²) in [6.07, 6.45) is 1.75. The van der Waals surface area contributed by atoms with E-state index in [-0.39, 0.29) is 24.3 Å². The predicted octanol–water partition coefficient (Wildman–Crippen LogP) is 3.27. The average Bonchev–Trinajstić information content (AvgIpc) is 2.64. The van der Waals surface area contributed by atoms with E-state index in [4.69, 9.17) is 21.5 Å². The van der Waals surface area contributed by atoms with E-state index in [2.05, 4.69) is 5.32 Å². The topological polar surface area (TPSA) is 105 Å². The number of aryl methyl sites for hydroxylation is 1. The van der Waals surface area contributed by atoms with Gasteiger partial charge >= 0.3 is 5.97 Å². The van der Waals surface area contributed by atoms with Crippen molar-refractivity contribution in [2.75, 3.05) is 6.61 Å². The van der Waals surface area contributed by atoms with Crippen molar-refractivity contribution in [3.05, 3.63) is 34.9 Å². The number of hydrogen-bond donors (Lipinski definition) is 3. The zero-order chi connectivity index (χ0) is 22.0. The molecule has 0 saturated carbocycles. The molecule has 0 aliphatic heterocycles. The van der Waals surface area contributed by atoms with E-state index < -0.39 is 23.8 Å². The van der Waals surface area contributed by atoms with Gasteiger partial charge in [0.15, 0.2) is 0 Å². The van der Waals surface area contributed by atoms with Crippen LogP contribution in [0.25, 0.3) is 0 Å². The minimum absolute atomic E-state index is 0.0499. The lowest BCUT2D eigenvalue weighted by Crippen LogP contribution is -2.49. The Balaban J connectivity index is 2.76. The predicted molar refractivity (Wildman–Crippen MR) is 110 cm³/mol.